The van der Waals surface area contributed by atoms with Crippen LogP contribution in [0.2, 0.25) is 0 Å². The first-order chi connectivity index (χ1) is 15.1. The molecule has 2 rings (SSSR count). The molecule has 2 unspecified atom stereocenters. The summed E-state index contributed by atoms with van der Waals surface area (Å²) in [6.45, 7) is 4.23. The van der Waals surface area contributed by atoms with Gasteiger partial charge in [-0.2, -0.15) is 0 Å². The van der Waals surface area contributed by atoms with Crippen LogP contribution in [0.5, 0.6) is 11.5 Å². The number of benzene rings is 2. The van der Waals surface area contributed by atoms with Crippen LogP contribution in [0.1, 0.15) is 18.1 Å². The molecular formula is C19H25NO10P2. The van der Waals surface area contributed by atoms with E-state index in [1.54, 1.807) is 57.2 Å². The van der Waals surface area contributed by atoms with E-state index in [1.165, 1.54) is 12.1 Å². The van der Waals surface area contributed by atoms with Crippen molar-refractivity contribution in [2.24, 2.45) is 0 Å². The highest BCUT2D eigenvalue weighted by atomic mass is 31.2. The van der Waals surface area contributed by atoms with Gasteiger partial charge in [0.1, 0.15) is 0 Å². The second-order valence-electron chi connectivity index (χ2n) is 6.53. The molecule has 0 amide bonds. The van der Waals surface area contributed by atoms with Crippen molar-refractivity contribution in [3.8, 4) is 11.5 Å². The second-order valence-corrected chi connectivity index (χ2v) is 10.5. The summed E-state index contributed by atoms with van der Waals surface area (Å²) in [7, 11) is -10.2. The number of hydrogen-bond acceptors (Lipinski definition) is 9. The van der Waals surface area contributed by atoms with Gasteiger partial charge in [-0.1, -0.05) is 45.7 Å². The maximum absolute atomic E-state index is 12.8. The highest BCUT2D eigenvalue weighted by Crippen LogP contribution is 2.64. The fourth-order valence-corrected chi connectivity index (χ4v) is 5.26. The van der Waals surface area contributed by atoms with E-state index in [4.69, 9.17) is 14.5 Å². The van der Waals surface area contributed by atoms with Crippen LogP contribution >= 0.6 is 15.2 Å². The molecule has 0 aliphatic rings. The van der Waals surface area contributed by atoms with Crippen molar-refractivity contribution in [2.75, 3.05) is 13.2 Å². The van der Waals surface area contributed by atoms with E-state index in [-0.39, 0.29) is 18.1 Å². The number of ether oxygens (including phenoxy) is 1. The predicted octanol–water partition coefficient (Wildman–Crippen LogP) is 3.43. The third-order valence-electron chi connectivity index (χ3n) is 4.01. The molecule has 3 N–H and O–H groups in total. The maximum atomic E-state index is 12.8. The van der Waals surface area contributed by atoms with E-state index in [9.17, 15) is 23.7 Å². The predicted molar refractivity (Wildman–Crippen MR) is 114 cm³/mol. The lowest BCUT2D eigenvalue weighted by molar-refractivity contribution is -0.142. The van der Waals surface area contributed by atoms with Gasteiger partial charge in [0.05, 0.1) is 13.2 Å². The Labute approximate surface area is 185 Å². The number of rotatable bonds is 12. The van der Waals surface area contributed by atoms with Crippen molar-refractivity contribution in [3.63, 3.8) is 0 Å². The molecular weight excluding hydrogens is 464 g/mol. The van der Waals surface area contributed by atoms with Crippen LogP contribution in [0.15, 0.2) is 48.5 Å². The first-order valence-corrected chi connectivity index (χ1v) is 12.7. The monoisotopic (exact) mass is 489 g/mol. The van der Waals surface area contributed by atoms with Crippen LogP contribution in [0.4, 0.5) is 0 Å². The summed E-state index contributed by atoms with van der Waals surface area (Å²) in [6.07, 6.45) is 0. The van der Waals surface area contributed by atoms with Gasteiger partial charge in [0.15, 0.2) is 11.5 Å². The molecule has 176 valence electrons. The Morgan fingerprint density at radius 2 is 1.34 bits per heavy atom. The number of carbonyl (C=O) groups excluding carboxylic acids is 1. The molecule has 2 aromatic carbocycles. The van der Waals surface area contributed by atoms with E-state index in [1.807, 2.05) is 0 Å². The lowest BCUT2D eigenvalue weighted by atomic mass is 10.2. The van der Waals surface area contributed by atoms with Crippen LogP contribution in [-0.2, 0) is 28.0 Å². The molecule has 0 bridgehead atoms. The third-order valence-corrected chi connectivity index (χ3v) is 7.94. The van der Waals surface area contributed by atoms with E-state index in [2.05, 4.69) is 14.7 Å². The molecule has 0 aromatic heterocycles. The topological polar surface area (TPSA) is 150 Å². The Bertz CT molecular complexity index is 946. The lowest BCUT2D eigenvalue weighted by Crippen LogP contribution is -2.36. The van der Waals surface area contributed by atoms with E-state index in [0.717, 1.165) is 0 Å². The lowest BCUT2D eigenvalue weighted by Gasteiger charge is -2.25. The molecule has 0 aliphatic heterocycles. The molecule has 0 heterocycles. The second kappa shape index (κ2) is 11.6. The van der Waals surface area contributed by atoms with E-state index >= 15 is 0 Å². The van der Waals surface area contributed by atoms with Crippen LogP contribution in [0.3, 0.4) is 0 Å². The van der Waals surface area contributed by atoms with Crippen molar-refractivity contribution in [1.82, 2.24) is 5.32 Å². The highest BCUT2D eigenvalue weighted by molar-refractivity contribution is 7.71. The van der Waals surface area contributed by atoms with Gasteiger partial charge in [0, 0.05) is 0 Å². The largest absolute Gasteiger partial charge is 0.465 e. The smallest absolute Gasteiger partial charge is 0.395 e. The SMILES string of the molecule is CCOC(=O)CNC(P(=O)(O)OOc1ccccc1C)P(=O)(O)OOc1ccccc1C. The average molecular weight is 489 g/mol. The number of esters is 1. The quantitative estimate of drug-likeness (QED) is 0.174. The van der Waals surface area contributed by atoms with Crippen LogP contribution in [0, 0.1) is 13.8 Å². The standard InChI is InChI=1S/C19H25NO10P2/c1-4-26-18(21)13-20-19(31(22,23)29-27-16-11-7-5-9-14(16)2)32(24,25)30-28-17-12-8-6-10-15(17)3/h5-12,19-20H,4,13H2,1-3H3,(H,22,23)(H,24,25). The fraction of sp³-hybridized carbons (Fsp3) is 0.316. The van der Waals surface area contributed by atoms with Crippen molar-refractivity contribution < 1.29 is 47.6 Å². The molecule has 32 heavy (non-hydrogen) atoms. The number of aryl methyl sites for hydroxylation is 2. The summed E-state index contributed by atoms with van der Waals surface area (Å²) in [6, 6.07) is 12.9. The van der Waals surface area contributed by atoms with Crippen molar-refractivity contribution >= 4 is 21.2 Å². The van der Waals surface area contributed by atoms with Gasteiger partial charge in [-0.05, 0) is 44.0 Å². The normalized spacial score (nSPS) is 15.8. The molecule has 0 fully saturated rings. The molecule has 13 heteroatoms. The Kier molecular flexibility index (Phi) is 9.42. The van der Waals surface area contributed by atoms with Crippen molar-refractivity contribution in [2.45, 2.75) is 26.3 Å². The van der Waals surface area contributed by atoms with Gasteiger partial charge in [0.25, 0.3) is 0 Å². The zero-order chi connectivity index (χ0) is 23.8. The third kappa shape index (κ3) is 7.43. The van der Waals surface area contributed by atoms with Crippen LogP contribution in [0.25, 0.3) is 0 Å². The summed E-state index contributed by atoms with van der Waals surface area (Å²) < 4.78 is 39.6. The minimum absolute atomic E-state index is 0.0402. The summed E-state index contributed by atoms with van der Waals surface area (Å²) in [4.78, 5) is 42.3. The maximum Gasteiger partial charge on any atom is 0.395 e. The van der Waals surface area contributed by atoms with Gasteiger partial charge in [-0.25, -0.2) is 0 Å². The number of para-hydroxylation sites is 2. The zero-order valence-corrected chi connectivity index (χ0v) is 19.5. The Morgan fingerprint density at radius 3 is 1.75 bits per heavy atom. The minimum Gasteiger partial charge on any atom is -0.465 e. The Balaban J connectivity index is 2.21. The van der Waals surface area contributed by atoms with Crippen LogP contribution < -0.4 is 15.1 Å². The molecule has 0 aliphatic carbocycles. The van der Waals surface area contributed by atoms with Gasteiger partial charge in [-0.15, -0.1) is 0 Å². The molecule has 11 nitrogen and oxygen atoms in total. The summed E-state index contributed by atoms with van der Waals surface area (Å²) >= 11 is 0. The average Bonchev–Trinajstić information content (AvgIpc) is 2.72. The van der Waals surface area contributed by atoms with Crippen molar-refractivity contribution in [1.29, 1.82) is 0 Å². The molecule has 0 saturated heterocycles. The number of nitrogens with one attached hydrogen (secondary N) is 1. The minimum atomic E-state index is -5.08. The molecule has 0 radical (unpaired) electrons. The first-order valence-electron chi connectivity index (χ1n) is 9.44. The Morgan fingerprint density at radius 1 is 0.906 bits per heavy atom. The van der Waals surface area contributed by atoms with Crippen LogP contribution in [-0.4, -0.2) is 34.4 Å². The molecule has 2 aromatic rings. The van der Waals surface area contributed by atoms with E-state index < -0.39 is 33.2 Å². The summed E-state index contributed by atoms with van der Waals surface area (Å²) in [5.41, 5.74) is -1.14. The number of carbonyl (C=O) groups is 1. The van der Waals surface area contributed by atoms with Gasteiger partial charge < -0.3 is 24.3 Å². The Hall–Kier alpha value is -2.23. The summed E-state index contributed by atoms with van der Waals surface area (Å²) in [5, 5.41) is 2.18. The van der Waals surface area contributed by atoms with Gasteiger partial charge in [0.2, 0.25) is 5.52 Å². The fourth-order valence-electron chi connectivity index (χ4n) is 2.37. The molecule has 2 atom stereocenters. The molecule has 0 spiro atoms. The van der Waals surface area contributed by atoms with E-state index in [0.29, 0.717) is 11.1 Å². The summed E-state index contributed by atoms with van der Waals surface area (Å²) in [5.74, 6) is -0.622. The zero-order valence-electron chi connectivity index (χ0n) is 17.7. The first kappa shape index (κ1) is 26.0. The van der Waals surface area contributed by atoms with Gasteiger partial charge in [-0.3, -0.25) is 19.2 Å². The van der Waals surface area contributed by atoms with Crippen molar-refractivity contribution in [3.05, 3.63) is 59.7 Å². The molecule has 0 saturated carbocycles. The van der Waals surface area contributed by atoms with Gasteiger partial charge >= 0.3 is 21.2 Å². The highest BCUT2D eigenvalue weighted by Gasteiger charge is 2.50. The number of hydrogen-bond donors (Lipinski definition) is 3.